The lowest BCUT2D eigenvalue weighted by molar-refractivity contribution is 0.186. The highest BCUT2D eigenvalue weighted by molar-refractivity contribution is 7.99. The average molecular weight is 268 g/mol. The van der Waals surface area contributed by atoms with E-state index in [1.165, 1.54) is 24.3 Å². The van der Waals surface area contributed by atoms with Crippen LogP contribution in [0, 0.1) is 0 Å². The molecule has 0 radical (unpaired) electrons. The summed E-state index contributed by atoms with van der Waals surface area (Å²) in [5, 5.41) is 3.51. The summed E-state index contributed by atoms with van der Waals surface area (Å²) < 4.78 is 6.71. The van der Waals surface area contributed by atoms with Crippen molar-refractivity contribution >= 4 is 17.4 Å². The number of ether oxygens (including phenoxy) is 1. The Balaban J connectivity index is 2.01. The van der Waals surface area contributed by atoms with Crippen LogP contribution in [0.5, 0.6) is 0 Å². The molecule has 4 nitrogen and oxygen atoms in total. The third kappa shape index (κ3) is 3.78. The lowest BCUT2D eigenvalue weighted by atomic mass is 10.1. The van der Waals surface area contributed by atoms with Gasteiger partial charge in [0.25, 0.3) is 5.56 Å². The van der Waals surface area contributed by atoms with Gasteiger partial charge in [-0.2, -0.15) is 11.8 Å². The number of nitrogens with zero attached hydrogens (tertiary/aromatic N) is 1. The van der Waals surface area contributed by atoms with Crippen molar-refractivity contribution in [2.24, 2.45) is 0 Å². The van der Waals surface area contributed by atoms with Gasteiger partial charge >= 0.3 is 0 Å². The molecule has 5 heteroatoms. The van der Waals surface area contributed by atoms with Crippen LogP contribution in [-0.2, 0) is 11.3 Å². The van der Waals surface area contributed by atoms with Gasteiger partial charge in [-0.15, -0.1) is 0 Å². The molecule has 18 heavy (non-hydrogen) atoms. The van der Waals surface area contributed by atoms with Gasteiger partial charge < -0.3 is 14.6 Å². The first-order valence-corrected chi connectivity index (χ1v) is 7.49. The fourth-order valence-electron chi connectivity index (χ4n) is 2.06. The first-order valence-electron chi connectivity index (χ1n) is 6.33. The van der Waals surface area contributed by atoms with Gasteiger partial charge in [0.2, 0.25) is 0 Å². The van der Waals surface area contributed by atoms with E-state index in [1.54, 1.807) is 17.7 Å². The molecular formula is C13H20N2O2S. The predicted octanol–water partition coefficient (Wildman–Crippen LogP) is 1.80. The standard InChI is InChI=1S/C13H20N2O2S/c1-17-7-6-15-10-12(2-3-13(15)16)14-11-4-8-18-9-5-11/h2-3,10-11,14H,4-9H2,1H3. The molecule has 0 aromatic carbocycles. The Kier molecular flexibility index (Phi) is 5.13. The van der Waals surface area contributed by atoms with Gasteiger partial charge in [0.05, 0.1) is 12.3 Å². The number of rotatable bonds is 5. The van der Waals surface area contributed by atoms with Crippen molar-refractivity contribution < 1.29 is 4.74 Å². The summed E-state index contributed by atoms with van der Waals surface area (Å²) in [6.45, 7) is 1.16. The average Bonchev–Trinajstić information content (AvgIpc) is 2.40. The zero-order chi connectivity index (χ0) is 12.8. The molecule has 1 aliphatic heterocycles. The Labute approximate surface area is 112 Å². The second-order valence-corrected chi connectivity index (χ2v) is 5.70. The van der Waals surface area contributed by atoms with E-state index in [-0.39, 0.29) is 5.56 Å². The van der Waals surface area contributed by atoms with Crippen LogP contribution in [0.2, 0.25) is 0 Å². The first-order chi connectivity index (χ1) is 8.79. The summed E-state index contributed by atoms with van der Waals surface area (Å²) in [6.07, 6.45) is 4.28. The maximum atomic E-state index is 11.6. The quantitative estimate of drug-likeness (QED) is 0.884. The number of aromatic nitrogens is 1. The summed E-state index contributed by atoms with van der Waals surface area (Å²) in [5.41, 5.74) is 1.06. The van der Waals surface area contributed by atoms with Crippen LogP contribution in [0.4, 0.5) is 5.69 Å². The normalized spacial score (nSPS) is 16.7. The van der Waals surface area contributed by atoms with Crippen LogP contribution < -0.4 is 10.9 Å². The summed E-state index contributed by atoms with van der Waals surface area (Å²) in [6, 6.07) is 4.03. The van der Waals surface area contributed by atoms with Crippen LogP contribution >= 0.6 is 11.8 Å². The monoisotopic (exact) mass is 268 g/mol. The molecule has 0 unspecified atom stereocenters. The smallest absolute Gasteiger partial charge is 0.250 e. The molecule has 1 fully saturated rings. The number of hydrogen-bond donors (Lipinski definition) is 1. The van der Waals surface area contributed by atoms with Crippen molar-refractivity contribution in [2.75, 3.05) is 30.5 Å². The number of thioether (sulfide) groups is 1. The Hall–Kier alpha value is -0.940. The summed E-state index contributed by atoms with van der Waals surface area (Å²) >= 11 is 2.01. The SMILES string of the molecule is COCCn1cc(NC2CCSCC2)ccc1=O. The van der Waals surface area contributed by atoms with Gasteiger partial charge in [0.15, 0.2) is 0 Å². The van der Waals surface area contributed by atoms with Crippen molar-refractivity contribution in [3.8, 4) is 0 Å². The van der Waals surface area contributed by atoms with Crippen LogP contribution in [0.15, 0.2) is 23.1 Å². The first kappa shape index (κ1) is 13.5. The molecule has 1 aromatic rings. The Morgan fingerprint density at radius 3 is 2.94 bits per heavy atom. The van der Waals surface area contributed by atoms with Crippen LogP contribution in [0.25, 0.3) is 0 Å². The maximum absolute atomic E-state index is 11.6. The maximum Gasteiger partial charge on any atom is 0.250 e. The van der Waals surface area contributed by atoms with Gasteiger partial charge in [-0.3, -0.25) is 4.79 Å². The molecule has 1 N–H and O–H groups in total. The molecule has 2 heterocycles. The van der Waals surface area contributed by atoms with E-state index in [0.717, 1.165) is 5.69 Å². The lowest BCUT2D eigenvalue weighted by Gasteiger charge is -2.23. The van der Waals surface area contributed by atoms with Crippen molar-refractivity contribution in [2.45, 2.75) is 25.4 Å². The van der Waals surface area contributed by atoms with Crippen molar-refractivity contribution in [3.63, 3.8) is 0 Å². The van der Waals surface area contributed by atoms with Crippen LogP contribution in [0.3, 0.4) is 0 Å². The van der Waals surface area contributed by atoms with Gasteiger partial charge in [-0.25, -0.2) is 0 Å². The van der Waals surface area contributed by atoms with Gasteiger partial charge in [0, 0.05) is 32.0 Å². The lowest BCUT2D eigenvalue weighted by Crippen LogP contribution is -2.26. The number of methoxy groups -OCH3 is 1. The minimum atomic E-state index is 0.0248. The highest BCUT2D eigenvalue weighted by Crippen LogP contribution is 2.20. The zero-order valence-corrected chi connectivity index (χ0v) is 11.5. The number of hydrogen-bond acceptors (Lipinski definition) is 4. The molecule has 1 aromatic heterocycles. The minimum absolute atomic E-state index is 0.0248. The van der Waals surface area contributed by atoms with E-state index in [2.05, 4.69) is 5.32 Å². The highest BCUT2D eigenvalue weighted by atomic mass is 32.2. The highest BCUT2D eigenvalue weighted by Gasteiger charge is 2.13. The zero-order valence-electron chi connectivity index (χ0n) is 10.7. The Bertz CT molecular complexity index is 427. The van der Waals surface area contributed by atoms with E-state index in [0.29, 0.717) is 19.2 Å². The third-order valence-electron chi connectivity index (χ3n) is 3.11. The van der Waals surface area contributed by atoms with Crippen LogP contribution in [0.1, 0.15) is 12.8 Å². The van der Waals surface area contributed by atoms with E-state index in [1.807, 2.05) is 24.0 Å². The topological polar surface area (TPSA) is 43.3 Å². The molecule has 0 saturated carbocycles. The molecule has 0 bridgehead atoms. The molecule has 0 amide bonds. The van der Waals surface area contributed by atoms with Crippen molar-refractivity contribution in [1.82, 2.24) is 4.57 Å². The van der Waals surface area contributed by atoms with E-state index < -0.39 is 0 Å². The summed E-state index contributed by atoms with van der Waals surface area (Å²) in [4.78, 5) is 11.6. The molecule has 2 rings (SSSR count). The van der Waals surface area contributed by atoms with E-state index >= 15 is 0 Å². The van der Waals surface area contributed by atoms with Crippen LogP contribution in [-0.4, -0.2) is 35.8 Å². The van der Waals surface area contributed by atoms with Gasteiger partial charge in [-0.1, -0.05) is 0 Å². The number of nitrogens with one attached hydrogen (secondary N) is 1. The second-order valence-electron chi connectivity index (χ2n) is 4.47. The molecule has 0 atom stereocenters. The summed E-state index contributed by atoms with van der Waals surface area (Å²) in [7, 11) is 1.65. The largest absolute Gasteiger partial charge is 0.383 e. The minimum Gasteiger partial charge on any atom is -0.383 e. The summed E-state index contributed by atoms with van der Waals surface area (Å²) in [5.74, 6) is 2.45. The Morgan fingerprint density at radius 2 is 2.22 bits per heavy atom. The molecule has 100 valence electrons. The third-order valence-corrected chi connectivity index (χ3v) is 4.16. The molecule has 1 aliphatic rings. The Morgan fingerprint density at radius 1 is 1.44 bits per heavy atom. The van der Waals surface area contributed by atoms with Gasteiger partial charge in [0.1, 0.15) is 0 Å². The molecule has 0 aliphatic carbocycles. The van der Waals surface area contributed by atoms with Crippen molar-refractivity contribution in [1.29, 1.82) is 0 Å². The fraction of sp³-hybridized carbons (Fsp3) is 0.615. The fourth-order valence-corrected chi connectivity index (χ4v) is 3.17. The van der Waals surface area contributed by atoms with E-state index in [9.17, 15) is 4.79 Å². The number of anilines is 1. The number of pyridine rings is 1. The van der Waals surface area contributed by atoms with Gasteiger partial charge in [-0.05, 0) is 30.4 Å². The second kappa shape index (κ2) is 6.85. The molecule has 0 spiro atoms. The molecule has 1 saturated heterocycles. The molecular weight excluding hydrogens is 248 g/mol. The predicted molar refractivity (Wildman–Crippen MR) is 76.5 cm³/mol. The van der Waals surface area contributed by atoms with Crippen molar-refractivity contribution in [3.05, 3.63) is 28.7 Å². The van der Waals surface area contributed by atoms with E-state index in [4.69, 9.17) is 4.74 Å².